The third-order valence-electron chi connectivity index (χ3n) is 17.4. The van der Waals surface area contributed by atoms with Crippen LogP contribution < -0.4 is 0 Å². The number of ether oxygens (including phenoxy) is 3. The maximum atomic E-state index is 13.0. The molecule has 0 radical (unpaired) electrons. The highest BCUT2D eigenvalue weighted by Crippen LogP contribution is 2.19. The number of allylic oxidation sites excluding steroid dienone is 4. The molecule has 1 unspecified atom stereocenters. The highest BCUT2D eigenvalue weighted by Gasteiger charge is 2.20. The highest BCUT2D eigenvalue weighted by molar-refractivity contribution is 5.71. The van der Waals surface area contributed by atoms with E-state index < -0.39 is 6.10 Å². The summed E-state index contributed by atoms with van der Waals surface area (Å²) in [6, 6.07) is 0. The fourth-order valence-corrected chi connectivity index (χ4v) is 11.7. The Balaban J connectivity index is 4.27. The summed E-state index contributed by atoms with van der Waals surface area (Å²) in [5, 5.41) is 0. The average Bonchev–Trinajstić information content (AvgIpc) is 3.49. The molecule has 83 heavy (non-hydrogen) atoms. The molecule has 0 amide bonds. The van der Waals surface area contributed by atoms with Crippen molar-refractivity contribution in [3.63, 3.8) is 0 Å². The molecular weight excluding hydrogens is 1020 g/mol. The molecule has 0 aliphatic heterocycles. The van der Waals surface area contributed by atoms with Gasteiger partial charge in [0.1, 0.15) is 13.2 Å². The zero-order chi connectivity index (χ0) is 59.9. The normalized spacial score (nSPS) is 12.1. The number of hydrogen-bond donors (Lipinski definition) is 0. The van der Waals surface area contributed by atoms with Crippen molar-refractivity contribution in [2.24, 2.45) is 0 Å². The molecule has 0 saturated heterocycles. The Morgan fingerprint density at radius 1 is 0.229 bits per heavy atom. The molecule has 0 heterocycles. The maximum absolute atomic E-state index is 13.0. The van der Waals surface area contributed by atoms with E-state index >= 15 is 0 Å². The predicted octanol–water partition coefficient (Wildman–Crippen LogP) is 26.1. The number of esters is 3. The lowest BCUT2D eigenvalue weighted by molar-refractivity contribution is -0.167. The van der Waals surface area contributed by atoms with Gasteiger partial charge in [-0.05, 0) is 70.6 Å². The molecule has 0 aromatic rings. The number of rotatable bonds is 71. The van der Waals surface area contributed by atoms with Crippen molar-refractivity contribution in [2.45, 2.75) is 438 Å². The van der Waals surface area contributed by atoms with E-state index in [0.717, 1.165) is 57.8 Å². The largest absolute Gasteiger partial charge is 0.462 e. The molecule has 0 rings (SSSR count). The molecule has 0 fully saturated rings. The van der Waals surface area contributed by atoms with Gasteiger partial charge in [-0.2, -0.15) is 0 Å². The number of carbonyl (C=O) groups is 3. The second-order valence-corrected chi connectivity index (χ2v) is 25.9. The van der Waals surface area contributed by atoms with Crippen LogP contribution >= 0.6 is 0 Å². The van der Waals surface area contributed by atoms with Crippen LogP contribution in [-0.2, 0) is 28.6 Å². The van der Waals surface area contributed by atoms with Crippen LogP contribution in [0.4, 0.5) is 0 Å². The molecule has 0 N–H and O–H groups in total. The monoisotopic (exact) mass is 1170 g/mol. The van der Waals surface area contributed by atoms with E-state index in [1.54, 1.807) is 0 Å². The van der Waals surface area contributed by atoms with Gasteiger partial charge in [-0.1, -0.05) is 366 Å². The van der Waals surface area contributed by atoms with Gasteiger partial charge < -0.3 is 14.2 Å². The Kier molecular flexibility index (Phi) is 70.5. The van der Waals surface area contributed by atoms with Crippen LogP contribution in [0, 0.1) is 0 Å². The minimum atomic E-state index is -0.771. The summed E-state index contributed by atoms with van der Waals surface area (Å²) in [6.45, 7) is 6.73. The first-order valence-corrected chi connectivity index (χ1v) is 37.8. The Morgan fingerprint density at radius 2 is 0.398 bits per heavy atom. The van der Waals surface area contributed by atoms with Crippen molar-refractivity contribution in [1.29, 1.82) is 0 Å². The van der Waals surface area contributed by atoms with E-state index in [2.05, 4.69) is 45.1 Å². The van der Waals surface area contributed by atoms with Gasteiger partial charge in [0, 0.05) is 19.3 Å². The van der Waals surface area contributed by atoms with Crippen molar-refractivity contribution >= 4 is 17.9 Å². The van der Waals surface area contributed by atoms with Crippen molar-refractivity contribution in [3.8, 4) is 0 Å². The Hall–Kier alpha value is -2.11. The summed E-state index contributed by atoms with van der Waals surface area (Å²) < 4.78 is 17.1. The van der Waals surface area contributed by atoms with Gasteiger partial charge in [-0.3, -0.25) is 14.4 Å². The lowest BCUT2D eigenvalue weighted by atomic mass is 10.0. The first kappa shape index (κ1) is 80.9. The SMILES string of the molecule is CCCCCCCC/C=C\CCCCCCCCCC(=O)OCC(COC(=O)CCCCCCCCCCCCCCC/C=C\CCCCCCCCCC)OC(=O)CCCCCCCCCCCCCCCCCCCCCCCCC. The van der Waals surface area contributed by atoms with Gasteiger partial charge in [0.05, 0.1) is 0 Å². The molecule has 0 aromatic heterocycles. The number of carbonyl (C=O) groups excluding carboxylic acids is 3. The Labute approximate surface area is 519 Å². The summed E-state index contributed by atoms with van der Waals surface area (Å²) in [7, 11) is 0. The standard InChI is InChI=1S/C77H146O6/c1-4-7-10-13-16-19-22-25-28-31-33-35-37-38-40-41-43-46-49-52-55-58-61-64-67-70-76(79)82-73-74(72-81-75(78)69-66-63-60-57-54-51-48-45-30-27-24-21-18-15-12-9-6-3)83-77(80)71-68-65-62-59-56-53-50-47-44-42-39-36-34-32-29-26-23-20-17-14-11-8-5-2/h27,30-31,33,74H,4-26,28-29,32,34-73H2,1-3H3/b30-27-,33-31-. The van der Waals surface area contributed by atoms with Gasteiger partial charge in [0.25, 0.3) is 0 Å². The molecule has 490 valence electrons. The topological polar surface area (TPSA) is 78.9 Å². The molecular formula is C77H146O6. The van der Waals surface area contributed by atoms with Crippen LogP contribution in [0.3, 0.4) is 0 Å². The molecule has 0 saturated carbocycles. The zero-order valence-electron chi connectivity index (χ0n) is 56.5. The summed E-state index contributed by atoms with van der Waals surface area (Å²) in [6.07, 6.45) is 89.3. The highest BCUT2D eigenvalue weighted by atomic mass is 16.6. The van der Waals surface area contributed by atoms with E-state index in [9.17, 15) is 14.4 Å². The molecule has 0 aromatic carbocycles. The van der Waals surface area contributed by atoms with Gasteiger partial charge in [0.2, 0.25) is 0 Å². The minimum Gasteiger partial charge on any atom is -0.462 e. The lowest BCUT2D eigenvalue weighted by Crippen LogP contribution is -2.30. The molecule has 1 atom stereocenters. The van der Waals surface area contributed by atoms with E-state index in [4.69, 9.17) is 14.2 Å². The van der Waals surface area contributed by atoms with E-state index in [1.165, 1.54) is 334 Å². The summed E-state index contributed by atoms with van der Waals surface area (Å²) >= 11 is 0. The van der Waals surface area contributed by atoms with E-state index in [-0.39, 0.29) is 31.1 Å². The lowest BCUT2D eigenvalue weighted by Gasteiger charge is -2.18. The van der Waals surface area contributed by atoms with Crippen LogP contribution in [0.2, 0.25) is 0 Å². The quantitative estimate of drug-likeness (QED) is 0.0261. The van der Waals surface area contributed by atoms with Gasteiger partial charge in [-0.15, -0.1) is 0 Å². The minimum absolute atomic E-state index is 0.0665. The molecule has 6 heteroatoms. The summed E-state index contributed by atoms with van der Waals surface area (Å²) in [5.74, 6) is -0.834. The maximum Gasteiger partial charge on any atom is 0.306 e. The second kappa shape index (κ2) is 72.4. The fourth-order valence-electron chi connectivity index (χ4n) is 11.7. The predicted molar refractivity (Wildman–Crippen MR) is 363 cm³/mol. The van der Waals surface area contributed by atoms with Crippen molar-refractivity contribution in [3.05, 3.63) is 24.3 Å². The molecule has 0 aliphatic carbocycles. The van der Waals surface area contributed by atoms with Crippen LogP contribution in [0.1, 0.15) is 432 Å². The zero-order valence-corrected chi connectivity index (χ0v) is 56.5. The van der Waals surface area contributed by atoms with E-state index in [1.807, 2.05) is 0 Å². The molecule has 6 nitrogen and oxygen atoms in total. The third-order valence-corrected chi connectivity index (χ3v) is 17.4. The van der Waals surface area contributed by atoms with Crippen molar-refractivity contribution in [2.75, 3.05) is 13.2 Å². The first-order chi connectivity index (χ1) is 41.0. The van der Waals surface area contributed by atoms with Crippen LogP contribution in [0.5, 0.6) is 0 Å². The van der Waals surface area contributed by atoms with Gasteiger partial charge in [-0.25, -0.2) is 0 Å². The van der Waals surface area contributed by atoms with E-state index in [0.29, 0.717) is 19.3 Å². The smallest absolute Gasteiger partial charge is 0.306 e. The third kappa shape index (κ3) is 70.5. The number of hydrogen-bond acceptors (Lipinski definition) is 6. The van der Waals surface area contributed by atoms with Gasteiger partial charge in [0.15, 0.2) is 6.10 Å². The summed E-state index contributed by atoms with van der Waals surface area (Å²) in [4.78, 5) is 38.6. The van der Waals surface area contributed by atoms with Crippen LogP contribution in [0.25, 0.3) is 0 Å². The Bertz CT molecular complexity index is 1340. The molecule has 0 bridgehead atoms. The Morgan fingerprint density at radius 3 is 0.602 bits per heavy atom. The van der Waals surface area contributed by atoms with Crippen LogP contribution in [-0.4, -0.2) is 37.2 Å². The van der Waals surface area contributed by atoms with Crippen LogP contribution in [0.15, 0.2) is 24.3 Å². The van der Waals surface area contributed by atoms with Crippen molar-refractivity contribution in [1.82, 2.24) is 0 Å². The average molecular weight is 1170 g/mol. The molecule has 0 aliphatic rings. The molecule has 0 spiro atoms. The van der Waals surface area contributed by atoms with Gasteiger partial charge >= 0.3 is 17.9 Å². The number of unbranched alkanes of at least 4 members (excludes halogenated alkanes) is 56. The second-order valence-electron chi connectivity index (χ2n) is 25.9. The summed E-state index contributed by atoms with van der Waals surface area (Å²) in [5.41, 5.74) is 0. The first-order valence-electron chi connectivity index (χ1n) is 37.8. The fraction of sp³-hybridized carbons (Fsp3) is 0.909. The van der Waals surface area contributed by atoms with Crippen molar-refractivity contribution < 1.29 is 28.6 Å².